The van der Waals surface area contributed by atoms with Crippen molar-refractivity contribution in [2.75, 3.05) is 5.32 Å². The van der Waals surface area contributed by atoms with Gasteiger partial charge in [-0.05, 0) is 13.0 Å². The average Bonchev–Trinajstić information content (AvgIpc) is 2.87. The number of rotatable bonds is 3. The van der Waals surface area contributed by atoms with Gasteiger partial charge in [-0.3, -0.25) is 9.48 Å². The molecule has 0 aliphatic rings. The minimum absolute atomic E-state index is 0.0258. The second-order valence-corrected chi connectivity index (χ2v) is 4.01. The molecule has 2 heterocycles. The largest absolute Gasteiger partial charge is 0.410 e. The molecule has 0 saturated carbocycles. The van der Waals surface area contributed by atoms with Crippen molar-refractivity contribution in [3.05, 3.63) is 36.4 Å². The van der Waals surface area contributed by atoms with Crippen LogP contribution in [0.25, 0.3) is 0 Å². The van der Waals surface area contributed by atoms with Crippen LogP contribution in [-0.4, -0.2) is 32.1 Å². The molecule has 1 atom stereocenters. The number of alkyl halides is 3. The third-order valence-corrected chi connectivity index (χ3v) is 2.58. The SMILES string of the molecule is CC(n1cc(C(=O)Nc2ccnnc2)cn1)C(F)(F)F. The fraction of sp³-hybridized carbons (Fsp3) is 0.273. The summed E-state index contributed by atoms with van der Waals surface area (Å²) in [5.74, 6) is -0.571. The highest BCUT2D eigenvalue weighted by Crippen LogP contribution is 2.29. The first-order valence-electron chi connectivity index (χ1n) is 5.57. The van der Waals surface area contributed by atoms with E-state index in [1.165, 1.54) is 18.5 Å². The van der Waals surface area contributed by atoms with Gasteiger partial charge in [0.05, 0.1) is 29.8 Å². The van der Waals surface area contributed by atoms with Crippen LogP contribution in [0.3, 0.4) is 0 Å². The third kappa shape index (κ3) is 3.11. The lowest BCUT2D eigenvalue weighted by molar-refractivity contribution is -0.165. The summed E-state index contributed by atoms with van der Waals surface area (Å²) in [6.45, 7) is 0.960. The minimum atomic E-state index is -4.42. The van der Waals surface area contributed by atoms with E-state index >= 15 is 0 Å². The molecule has 0 saturated heterocycles. The molecule has 2 aromatic rings. The number of carbonyl (C=O) groups is 1. The third-order valence-electron chi connectivity index (χ3n) is 2.58. The topological polar surface area (TPSA) is 72.7 Å². The number of anilines is 1. The zero-order valence-corrected chi connectivity index (χ0v) is 10.3. The fourth-order valence-electron chi connectivity index (χ4n) is 1.38. The summed E-state index contributed by atoms with van der Waals surface area (Å²) in [6.07, 6.45) is 0.397. The number of amides is 1. The van der Waals surface area contributed by atoms with Crippen molar-refractivity contribution in [3.8, 4) is 0 Å². The Morgan fingerprint density at radius 2 is 2.10 bits per heavy atom. The van der Waals surface area contributed by atoms with Gasteiger partial charge in [0.2, 0.25) is 0 Å². The molecular weight excluding hydrogens is 275 g/mol. The van der Waals surface area contributed by atoms with Gasteiger partial charge in [-0.15, -0.1) is 0 Å². The zero-order chi connectivity index (χ0) is 14.8. The molecule has 0 bridgehead atoms. The molecule has 0 aromatic carbocycles. The first-order valence-corrected chi connectivity index (χ1v) is 5.57. The molecule has 9 heteroatoms. The van der Waals surface area contributed by atoms with Gasteiger partial charge >= 0.3 is 6.18 Å². The van der Waals surface area contributed by atoms with Crippen molar-refractivity contribution in [1.29, 1.82) is 0 Å². The summed E-state index contributed by atoms with van der Waals surface area (Å²) < 4.78 is 38.2. The van der Waals surface area contributed by atoms with Crippen LogP contribution in [0, 0.1) is 0 Å². The highest BCUT2D eigenvalue weighted by atomic mass is 19.4. The van der Waals surface area contributed by atoms with Crippen molar-refractivity contribution in [3.63, 3.8) is 0 Å². The van der Waals surface area contributed by atoms with E-state index in [1.807, 2.05) is 0 Å². The Morgan fingerprint density at radius 3 is 2.70 bits per heavy atom. The molecule has 0 radical (unpaired) electrons. The van der Waals surface area contributed by atoms with E-state index in [-0.39, 0.29) is 5.56 Å². The number of halogens is 3. The molecule has 0 aliphatic heterocycles. The van der Waals surface area contributed by atoms with Crippen LogP contribution in [0.4, 0.5) is 18.9 Å². The first-order chi connectivity index (χ1) is 9.38. The normalized spacial score (nSPS) is 13.0. The van der Waals surface area contributed by atoms with Gasteiger partial charge in [0.1, 0.15) is 6.04 Å². The number of nitrogens with zero attached hydrogens (tertiary/aromatic N) is 4. The van der Waals surface area contributed by atoms with Gasteiger partial charge < -0.3 is 5.32 Å². The van der Waals surface area contributed by atoms with Crippen LogP contribution in [-0.2, 0) is 0 Å². The molecule has 6 nitrogen and oxygen atoms in total. The van der Waals surface area contributed by atoms with E-state index in [0.717, 1.165) is 19.3 Å². The lowest BCUT2D eigenvalue weighted by atomic mass is 10.3. The molecule has 1 N–H and O–H groups in total. The van der Waals surface area contributed by atoms with Gasteiger partial charge in [-0.1, -0.05) is 0 Å². The Kier molecular flexibility index (Phi) is 3.68. The Morgan fingerprint density at radius 1 is 1.35 bits per heavy atom. The van der Waals surface area contributed by atoms with Crippen LogP contribution in [0.15, 0.2) is 30.9 Å². The van der Waals surface area contributed by atoms with E-state index < -0.39 is 18.1 Å². The summed E-state index contributed by atoms with van der Waals surface area (Å²) in [6, 6.07) is -0.292. The first kappa shape index (κ1) is 14.0. The molecule has 1 amide bonds. The van der Waals surface area contributed by atoms with Crippen LogP contribution in [0.2, 0.25) is 0 Å². The number of hydrogen-bond acceptors (Lipinski definition) is 4. The summed E-state index contributed by atoms with van der Waals surface area (Å²) >= 11 is 0. The molecule has 0 spiro atoms. The van der Waals surface area contributed by atoms with Crippen molar-refractivity contribution in [2.24, 2.45) is 0 Å². The lowest BCUT2D eigenvalue weighted by Crippen LogP contribution is -2.24. The number of aromatic nitrogens is 4. The zero-order valence-electron chi connectivity index (χ0n) is 10.3. The molecule has 2 rings (SSSR count). The highest BCUT2D eigenvalue weighted by molar-refractivity contribution is 6.03. The van der Waals surface area contributed by atoms with E-state index in [2.05, 4.69) is 20.6 Å². The second-order valence-electron chi connectivity index (χ2n) is 4.01. The molecule has 20 heavy (non-hydrogen) atoms. The Hall–Kier alpha value is -2.45. The summed E-state index contributed by atoms with van der Waals surface area (Å²) in [5, 5.41) is 13.1. The van der Waals surface area contributed by atoms with Crippen LogP contribution >= 0.6 is 0 Å². The smallest absolute Gasteiger partial charge is 0.320 e. The van der Waals surface area contributed by atoms with E-state index in [9.17, 15) is 18.0 Å². The Labute approximate surface area is 111 Å². The lowest BCUT2D eigenvalue weighted by Gasteiger charge is -2.15. The quantitative estimate of drug-likeness (QED) is 0.936. The van der Waals surface area contributed by atoms with Crippen LogP contribution in [0.1, 0.15) is 23.3 Å². The summed E-state index contributed by atoms with van der Waals surface area (Å²) in [4.78, 5) is 11.8. The average molecular weight is 285 g/mol. The van der Waals surface area contributed by atoms with Gasteiger partial charge in [-0.2, -0.15) is 28.5 Å². The minimum Gasteiger partial charge on any atom is -0.320 e. The number of carbonyl (C=O) groups excluding carboxylic acids is 1. The fourth-order valence-corrected chi connectivity index (χ4v) is 1.38. The summed E-state index contributed by atoms with van der Waals surface area (Å²) in [7, 11) is 0. The Bertz CT molecular complexity index is 596. The monoisotopic (exact) mass is 285 g/mol. The van der Waals surface area contributed by atoms with Gasteiger partial charge in [-0.25, -0.2) is 0 Å². The maximum absolute atomic E-state index is 12.5. The predicted molar refractivity (Wildman–Crippen MR) is 63.0 cm³/mol. The van der Waals surface area contributed by atoms with Crippen LogP contribution < -0.4 is 5.32 Å². The van der Waals surface area contributed by atoms with Gasteiger partial charge in [0.25, 0.3) is 5.91 Å². The van der Waals surface area contributed by atoms with Crippen molar-refractivity contribution in [1.82, 2.24) is 20.0 Å². The maximum Gasteiger partial charge on any atom is 0.410 e. The van der Waals surface area contributed by atoms with Crippen molar-refractivity contribution in [2.45, 2.75) is 19.1 Å². The van der Waals surface area contributed by atoms with Crippen molar-refractivity contribution >= 4 is 11.6 Å². The molecule has 0 fully saturated rings. The highest BCUT2D eigenvalue weighted by Gasteiger charge is 2.38. The van der Waals surface area contributed by atoms with Gasteiger partial charge in [0.15, 0.2) is 0 Å². The standard InChI is InChI=1S/C11H10F3N5O/c1-7(11(12,13)14)19-6-8(4-17-19)10(20)18-9-2-3-15-16-5-9/h2-7H,1H3,(H,15,18,20). The molecule has 0 aliphatic carbocycles. The van der Waals surface area contributed by atoms with E-state index in [4.69, 9.17) is 0 Å². The molecular formula is C11H10F3N5O. The number of hydrogen-bond donors (Lipinski definition) is 1. The maximum atomic E-state index is 12.5. The number of nitrogens with one attached hydrogen (secondary N) is 1. The van der Waals surface area contributed by atoms with Crippen LogP contribution in [0.5, 0.6) is 0 Å². The van der Waals surface area contributed by atoms with E-state index in [0.29, 0.717) is 10.4 Å². The van der Waals surface area contributed by atoms with Gasteiger partial charge in [0, 0.05) is 6.20 Å². The summed E-state index contributed by atoms with van der Waals surface area (Å²) in [5.41, 5.74) is 0.416. The molecule has 106 valence electrons. The predicted octanol–water partition coefficient (Wildman–Crippen LogP) is 2.05. The van der Waals surface area contributed by atoms with Crippen molar-refractivity contribution < 1.29 is 18.0 Å². The second kappa shape index (κ2) is 5.27. The molecule has 2 aromatic heterocycles. The van der Waals surface area contributed by atoms with E-state index in [1.54, 1.807) is 0 Å². The molecule has 1 unspecified atom stereocenters. The Balaban J connectivity index is 2.11.